The Morgan fingerprint density at radius 3 is 2.33 bits per heavy atom. The van der Waals surface area contributed by atoms with Gasteiger partial charge in [-0.1, -0.05) is 6.07 Å². The van der Waals surface area contributed by atoms with Gasteiger partial charge >= 0.3 is 0 Å². The summed E-state index contributed by atoms with van der Waals surface area (Å²) < 4.78 is 23.8. The van der Waals surface area contributed by atoms with Crippen LogP contribution in [0.3, 0.4) is 0 Å². The minimum Gasteiger partial charge on any atom is -0.497 e. The fourth-order valence-corrected chi connectivity index (χ4v) is 1.50. The molecule has 0 amide bonds. The number of anilines is 1. The third-order valence-corrected chi connectivity index (χ3v) is 2.53. The van der Waals surface area contributed by atoms with E-state index in [2.05, 4.69) is 0 Å². The number of methoxy groups -OCH3 is 1. The van der Waals surface area contributed by atoms with Gasteiger partial charge in [-0.3, -0.25) is 0 Å². The SMILES string of the molecule is COc1ccc(OCc2ccc(N)c(F)c2)cc1. The zero-order valence-electron chi connectivity index (χ0n) is 10.0. The maximum absolute atomic E-state index is 13.2. The van der Waals surface area contributed by atoms with Crippen LogP contribution in [0, 0.1) is 5.82 Å². The molecule has 0 unspecified atom stereocenters. The zero-order valence-corrected chi connectivity index (χ0v) is 10.0. The van der Waals surface area contributed by atoms with Gasteiger partial charge in [-0.05, 0) is 42.0 Å². The molecule has 0 spiro atoms. The van der Waals surface area contributed by atoms with Crippen molar-refractivity contribution < 1.29 is 13.9 Å². The first kappa shape index (κ1) is 12.2. The molecule has 0 aliphatic heterocycles. The normalized spacial score (nSPS) is 10.1. The number of nitrogens with two attached hydrogens (primary N) is 1. The number of hydrogen-bond donors (Lipinski definition) is 1. The second-order valence-corrected chi connectivity index (χ2v) is 3.82. The van der Waals surface area contributed by atoms with Crippen molar-refractivity contribution in [3.05, 3.63) is 53.8 Å². The van der Waals surface area contributed by atoms with Crippen LogP contribution in [0.4, 0.5) is 10.1 Å². The Morgan fingerprint density at radius 2 is 1.72 bits per heavy atom. The van der Waals surface area contributed by atoms with E-state index in [1.54, 1.807) is 37.4 Å². The summed E-state index contributed by atoms with van der Waals surface area (Å²) in [6, 6.07) is 11.8. The molecule has 0 aliphatic rings. The lowest BCUT2D eigenvalue weighted by molar-refractivity contribution is 0.305. The number of halogens is 1. The van der Waals surface area contributed by atoms with Crippen LogP contribution in [0.2, 0.25) is 0 Å². The Morgan fingerprint density at radius 1 is 1.06 bits per heavy atom. The molecule has 0 aromatic heterocycles. The first-order chi connectivity index (χ1) is 8.69. The summed E-state index contributed by atoms with van der Waals surface area (Å²) in [7, 11) is 1.60. The van der Waals surface area contributed by atoms with Crippen molar-refractivity contribution in [1.82, 2.24) is 0 Å². The van der Waals surface area contributed by atoms with E-state index < -0.39 is 5.82 Å². The van der Waals surface area contributed by atoms with E-state index in [4.69, 9.17) is 15.2 Å². The van der Waals surface area contributed by atoms with Gasteiger partial charge in [0.15, 0.2) is 0 Å². The Balaban J connectivity index is 1.99. The Labute approximate surface area is 105 Å². The van der Waals surface area contributed by atoms with Crippen LogP contribution in [0.15, 0.2) is 42.5 Å². The van der Waals surface area contributed by atoms with Gasteiger partial charge in [-0.15, -0.1) is 0 Å². The molecule has 0 aliphatic carbocycles. The molecule has 94 valence electrons. The summed E-state index contributed by atoms with van der Waals surface area (Å²) in [5.74, 6) is 1.04. The van der Waals surface area contributed by atoms with Crippen molar-refractivity contribution in [2.45, 2.75) is 6.61 Å². The summed E-state index contributed by atoms with van der Waals surface area (Å²) in [6.07, 6.45) is 0. The predicted octanol–water partition coefficient (Wildman–Crippen LogP) is 3.00. The van der Waals surface area contributed by atoms with Crippen molar-refractivity contribution in [3.8, 4) is 11.5 Å². The van der Waals surface area contributed by atoms with Crippen molar-refractivity contribution in [2.75, 3.05) is 12.8 Å². The minimum absolute atomic E-state index is 0.142. The van der Waals surface area contributed by atoms with E-state index in [1.807, 2.05) is 0 Å². The van der Waals surface area contributed by atoms with E-state index >= 15 is 0 Å². The van der Waals surface area contributed by atoms with E-state index in [0.29, 0.717) is 12.4 Å². The summed E-state index contributed by atoms with van der Waals surface area (Å²) >= 11 is 0. The topological polar surface area (TPSA) is 44.5 Å². The molecule has 0 saturated heterocycles. The van der Waals surface area contributed by atoms with E-state index in [0.717, 1.165) is 11.3 Å². The first-order valence-corrected chi connectivity index (χ1v) is 5.50. The highest BCUT2D eigenvalue weighted by Crippen LogP contribution is 2.19. The third-order valence-electron chi connectivity index (χ3n) is 2.53. The van der Waals surface area contributed by atoms with E-state index in [-0.39, 0.29) is 5.69 Å². The van der Waals surface area contributed by atoms with Crippen molar-refractivity contribution >= 4 is 5.69 Å². The van der Waals surface area contributed by atoms with Gasteiger partial charge in [0, 0.05) is 0 Å². The molecule has 0 saturated carbocycles. The monoisotopic (exact) mass is 247 g/mol. The molecule has 0 fully saturated rings. The molecular formula is C14H14FNO2. The lowest BCUT2D eigenvalue weighted by atomic mass is 10.2. The molecule has 2 aromatic rings. The maximum Gasteiger partial charge on any atom is 0.146 e. The van der Waals surface area contributed by atoms with Gasteiger partial charge in [0.05, 0.1) is 12.8 Å². The molecule has 0 heterocycles. The lowest BCUT2D eigenvalue weighted by Gasteiger charge is -2.07. The van der Waals surface area contributed by atoms with Gasteiger partial charge in [-0.2, -0.15) is 0 Å². The third kappa shape index (κ3) is 2.91. The number of ether oxygens (including phenoxy) is 2. The molecule has 4 heteroatoms. The largest absolute Gasteiger partial charge is 0.497 e. The number of benzene rings is 2. The average Bonchev–Trinajstić information content (AvgIpc) is 2.41. The van der Waals surface area contributed by atoms with Crippen LogP contribution < -0.4 is 15.2 Å². The highest BCUT2D eigenvalue weighted by atomic mass is 19.1. The van der Waals surface area contributed by atoms with Crippen LogP contribution in [-0.2, 0) is 6.61 Å². The number of nitrogen functional groups attached to an aromatic ring is 1. The zero-order chi connectivity index (χ0) is 13.0. The Bertz CT molecular complexity index is 526. The highest BCUT2D eigenvalue weighted by Gasteiger charge is 2.01. The first-order valence-electron chi connectivity index (χ1n) is 5.50. The summed E-state index contributed by atoms with van der Waals surface area (Å²) in [5, 5.41) is 0. The lowest BCUT2D eigenvalue weighted by Crippen LogP contribution is -1.98. The molecule has 18 heavy (non-hydrogen) atoms. The van der Waals surface area contributed by atoms with Crippen molar-refractivity contribution in [2.24, 2.45) is 0 Å². The summed E-state index contributed by atoms with van der Waals surface area (Å²) in [5.41, 5.74) is 6.27. The van der Waals surface area contributed by atoms with Gasteiger partial charge in [0.25, 0.3) is 0 Å². The van der Waals surface area contributed by atoms with Crippen LogP contribution >= 0.6 is 0 Å². The maximum atomic E-state index is 13.2. The Hall–Kier alpha value is -2.23. The summed E-state index contributed by atoms with van der Waals surface area (Å²) in [4.78, 5) is 0. The van der Waals surface area contributed by atoms with Crippen LogP contribution in [0.1, 0.15) is 5.56 Å². The second kappa shape index (κ2) is 5.40. The van der Waals surface area contributed by atoms with Gasteiger partial charge < -0.3 is 15.2 Å². The molecule has 3 nitrogen and oxygen atoms in total. The summed E-state index contributed by atoms with van der Waals surface area (Å²) in [6.45, 7) is 0.295. The van der Waals surface area contributed by atoms with Crippen LogP contribution in [-0.4, -0.2) is 7.11 Å². The molecular weight excluding hydrogens is 233 g/mol. The molecule has 0 radical (unpaired) electrons. The van der Waals surface area contributed by atoms with Gasteiger partial charge in [0.1, 0.15) is 23.9 Å². The van der Waals surface area contributed by atoms with E-state index in [1.165, 1.54) is 12.1 Å². The van der Waals surface area contributed by atoms with Crippen molar-refractivity contribution in [3.63, 3.8) is 0 Å². The second-order valence-electron chi connectivity index (χ2n) is 3.82. The molecule has 0 bridgehead atoms. The van der Waals surface area contributed by atoms with E-state index in [9.17, 15) is 4.39 Å². The molecule has 0 atom stereocenters. The standard InChI is InChI=1S/C14H14FNO2/c1-17-11-3-5-12(6-4-11)18-9-10-2-7-14(16)13(15)8-10/h2-8H,9,16H2,1H3. The van der Waals surface area contributed by atoms with Gasteiger partial charge in [0.2, 0.25) is 0 Å². The Kier molecular flexibility index (Phi) is 3.67. The number of rotatable bonds is 4. The fourth-order valence-electron chi connectivity index (χ4n) is 1.50. The van der Waals surface area contributed by atoms with Crippen LogP contribution in [0.5, 0.6) is 11.5 Å². The average molecular weight is 247 g/mol. The highest BCUT2D eigenvalue weighted by molar-refractivity contribution is 5.41. The molecule has 2 N–H and O–H groups in total. The quantitative estimate of drug-likeness (QED) is 0.845. The van der Waals surface area contributed by atoms with Gasteiger partial charge in [-0.25, -0.2) is 4.39 Å². The molecule has 2 aromatic carbocycles. The smallest absolute Gasteiger partial charge is 0.146 e. The molecule has 2 rings (SSSR count). The fraction of sp³-hybridized carbons (Fsp3) is 0.143. The van der Waals surface area contributed by atoms with Crippen molar-refractivity contribution in [1.29, 1.82) is 0 Å². The number of hydrogen-bond acceptors (Lipinski definition) is 3. The minimum atomic E-state index is -0.425. The predicted molar refractivity (Wildman–Crippen MR) is 68.1 cm³/mol. The van der Waals surface area contributed by atoms with Crippen LogP contribution in [0.25, 0.3) is 0 Å².